The fraction of sp³-hybridized carbons (Fsp3) is 0.125. The number of benzene rings is 3. The predicted octanol–water partition coefficient (Wildman–Crippen LogP) is 4.79. The van der Waals surface area contributed by atoms with Gasteiger partial charge in [-0.1, -0.05) is 47.6 Å². The summed E-state index contributed by atoms with van der Waals surface area (Å²) in [6.07, 6.45) is 0. The number of halogens is 1. The summed E-state index contributed by atoms with van der Waals surface area (Å²) >= 11 is 7.53. The van der Waals surface area contributed by atoms with E-state index in [1.807, 2.05) is 6.07 Å². The fourth-order valence-corrected chi connectivity index (χ4v) is 4.30. The number of para-hydroxylation sites is 2. The van der Waals surface area contributed by atoms with Crippen molar-refractivity contribution >= 4 is 45.9 Å². The van der Waals surface area contributed by atoms with Crippen LogP contribution in [0.5, 0.6) is 11.5 Å². The number of methoxy groups -OCH3 is 2. The van der Waals surface area contributed by atoms with Crippen molar-refractivity contribution in [3.05, 3.63) is 82.1 Å². The molecule has 0 spiro atoms. The highest BCUT2D eigenvalue weighted by Gasteiger charge is 2.17. The van der Waals surface area contributed by atoms with Crippen molar-refractivity contribution in [3.63, 3.8) is 0 Å². The maximum absolute atomic E-state index is 13.3. The quantitative estimate of drug-likeness (QED) is 0.302. The van der Waals surface area contributed by atoms with E-state index in [1.54, 1.807) is 67.8 Å². The molecular weight excluding hydrogens is 462 g/mol. The summed E-state index contributed by atoms with van der Waals surface area (Å²) in [4.78, 5) is 30.7. The number of carbonyl (C=O) groups excluding carboxylic acids is 1. The molecule has 0 fully saturated rings. The largest absolute Gasteiger partial charge is 0.497 e. The van der Waals surface area contributed by atoms with Gasteiger partial charge in [0.15, 0.2) is 5.16 Å². The molecule has 1 aromatic heterocycles. The molecule has 0 atom stereocenters. The number of carbonyl (C=O) groups is 1. The van der Waals surface area contributed by atoms with Gasteiger partial charge in [0.05, 0.1) is 47.3 Å². The highest BCUT2D eigenvalue weighted by atomic mass is 35.5. The molecular formula is C24H20ClN3O4S. The van der Waals surface area contributed by atoms with Gasteiger partial charge in [-0.3, -0.25) is 14.2 Å². The lowest BCUT2D eigenvalue weighted by molar-refractivity contribution is -0.113. The van der Waals surface area contributed by atoms with E-state index in [9.17, 15) is 9.59 Å². The molecule has 1 heterocycles. The molecule has 0 radical (unpaired) electrons. The van der Waals surface area contributed by atoms with Crippen molar-refractivity contribution in [2.75, 3.05) is 25.3 Å². The maximum Gasteiger partial charge on any atom is 0.266 e. The number of hydrogen-bond donors (Lipinski definition) is 1. The number of rotatable bonds is 7. The van der Waals surface area contributed by atoms with Crippen molar-refractivity contribution in [3.8, 4) is 17.2 Å². The van der Waals surface area contributed by atoms with Gasteiger partial charge in [0.25, 0.3) is 5.56 Å². The molecule has 0 unspecified atom stereocenters. The Kier molecular flexibility index (Phi) is 6.86. The van der Waals surface area contributed by atoms with Crippen molar-refractivity contribution in [2.45, 2.75) is 5.16 Å². The second kappa shape index (κ2) is 9.97. The van der Waals surface area contributed by atoms with Crippen molar-refractivity contribution < 1.29 is 14.3 Å². The number of aromatic nitrogens is 2. The lowest BCUT2D eigenvalue weighted by atomic mass is 10.2. The number of thioether (sulfide) groups is 1. The summed E-state index contributed by atoms with van der Waals surface area (Å²) in [5.74, 6) is 0.828. The van der Waals surface area contributed by atoms with Crippen LogP contribution in [0.4, 0.5) is 5.69 Å². The standard InChI is InChI=1S/C24H20ClN3O4S/c1-31-15-11-12-19(21(13-15)32-2)26-22(29)14-33-24-27-18-9-5-3-7-16(18)23(30)28(24)20-10-6-4-8-17(20)25/h3-13H,14H2,1-2H3,(H,26,29). The summed E-state index contributed by atoms with van der Waals surface area (Å²) in [6, 6.07) is 19.2. The van der Waals surface area contributed by atoms with Gasteiger partial charge < -0.3 is 14.8 Å². The van der Waals surface area contributed by atoms with Gasteiger partial charge in [-0.2, -0.15) is 0 Å². The van der Waals surface area contributed by atoms with Gasteiger partial charge in [-0.15, -0.1) is 0 Å². The van der Waals surface area contributed by atoms with E-state index in [-0.39, 0.29) is 17.2 Å². The molecule has 1 N–H and O–H groups in total. The fourth-order valence-electron chi connectivity index (χ4n) is 3.27. The van der Waals surface area contributed by atoms with Crippen LogP contribution in [0.3, 0.4) is 0 Å². The number of amides is 1. The van der Waals surface area contributed by atoms with Gasteiger partial charge in [0, 0.05) is 6.07 Å². The Bertz CT molecular complexity index is 1390. The number of nitrogens with zero attached hydrogens (tertiary/aromatic N) is 2. The average Bonchev–Trinajstić information content (AvgIpc) is 2.84. The molecule has 3 aromatic carbocycles. The van der Waals surface area contributed by atoms with Gasteiger partial charge in [-0.05, 0) is 36.4 Å². The molecule has 0 aliphatic heterocycles. The van der Waals surface area contributed by atoms with Crippen molar-refractivity contribution in [2.24, 2.45) is 0 Å². The first-order chi connectivity index (χ1) is 16.0. The first kappa shape index (κ1) is 22.7. The molecule has 168 valence electrons. The monoisotopic (exact) mass is 481 g/mol. The van der Waals surface area contributed by atoms with Gasteiger partial charge >= 0.3 is 0 Å². The SMILES string of the molecule is COc1ccc(NC(=O)CSc2nc3ccccc3c(=O)n2-c2ccccc2Cl)c(OC)c1. The molecule has 7 nitrogen and oxygen atoms in total. The van der Waals surface area contributed by atoms with Crippen molar-refractivity contribution in [1.82, 2.24) is 9.55 Å². The van der Waals surface area contributed by atoms with Gasteiger partial charge in [0.1, 0.15) is 11.5 Å². The average molecular weight is 482 g/mol. The molecule has 0 saturated carbocycles. The van der Waals surface area contributed by atoms with Crippen LogP contribution in [0.15, 0.2) is 76.7 Å². The van der Waals surface area contributed by atoms with E-state index in [2.05, 4.69) is 10.3 Å². The minimum Gasteiger partial charge on any atom is -0.497 e. The Morgan fingerprint density at radius 1 is 1.06 bits per heavy atom. The topological polar surface area (TPSA) is 82.5 Å². The van der Waals surface area contributed by atoms with E-state index >= 15 is 0 Å². The minimum absolute atomic E-state index is 0.0183. The van der Waals surface area contributed by atoms with E-state index < -0.39 is 0 Å². The lowest BCUT2D eigenvalue weighted by Gasteiger charge is -2.15. The number of hydrogen-bond acceptors (Lipinski definition) is 6. The Morgan fingerprint density at radius 3 is 2.58 bits per heavy atom. The van der Waals surface area contributed by atoms with Crippen LogP contribution >= 0.6 is 23.4 Å². The minimum atomic E-state index is -0.281. The van der Waals surface area contributed by atoms with E-state index in [1.165, 1.54) is 11.7 Å². The summed E-state index contributed by atoms with van der Waals surface area (Å²) in [6.45, 7) is 0. The Labute approximate surface area is 199 Å². The Balaban J connectivity index is 1.65. The highest BCUT2D eigenvalue weighted by molar-refractivity contribution is 7.99. The van der Waals surface area contributed by atoms with Crippen LogP contribution in [0, 0.1) is 0 Å². The number of fused-ring (bicyclic) bond motifs is 1. The van der Waals surface area contributed by atoms with Crippen LogP contribution in [-0.4, -0.2) is 35.4 Å². The first-order valence-electron chi connectivity index (χ1n) is 9.93. The van der Waals surface area contributed by atoms with Crippen LogP contribution < -0.4 is 20.3 Å². The molecule has 0 bridgehead atoms. The lowest BCUT2D eigenvalue weighted by Crippen LogP contribution is -2.23. The molecule has 9 heteroatoms. The number of nitrogens with one attached hydrogen (secondary N) is 1. The molecule has 4 rings (SSSR count). The smallest absolute Gasteiger partial charge is 0.266 e. The van der Waals surface area contributed by atoms with Crippen LogP contribution in [0.1, 0.15) is 0 Å². The second-order valence-corrected chi connectivity index (χ2v) is 8.26. The van der Waals surface area contributed by atoms with Crippen LogP contribution in [0.25, 0.3) is 16.6 Å². The van der Waals surface area contributed by atoms with Gasteiger partial charge in [-0.25, -0.2) is 4.98 Å². The van der Waals surface area contributed by atoms with E-state index in [4.69, 9.17) is 21.1 Å². The Hall–Kier alpha value is -3.49. The van der Waals surface area contributed by atoms with Crippen LogP contribution in [-0.2, 0) is 4.79 Å². The Morgan fingerprint density at radius 2 is 1.82 bits per heavy atom. The summed E-state index contributed by atoms with van der Waals surface area (Å²) < 4.78 is 12.0. The second-order valence-electron chi connectivity index (χ2n) is 6.91. The molecule has 0 aliphatic carbocycles. The summed E-state index contributed by atoms with van der Waals surface area (Å²) in [5, 5.41) is 4.06. The molecule has 33 heavy (non-hydrogen) atoms. The maximum atomic E-state index is 13.3. The van der Waals surface area contributed by atoms with Crippen molar-refractivity contribution in [1.29, 1.82) is 0 Å². The van der Waals surface area contributed by atoms with E-state index in [0.717, 1.165) is 11.8 Å². The molecule has 4 aromatic rings. The first-order valence-corrected chi connectivity index (χ1v) is 11.3. The molecule has 0 saturated heterocycles. The van der Waals surface area contributed by atoms with Crippen LogP contribution in [0.2, 0.25) is 5.02 Å². The zero-order chi connectivity index (χ0) is 23.4. The molecule has 1 amide bonds. The molecule has 0 aliphatic rings. The zero-order valence-corrected chi connectivity index (χ0v) is 19.4. The number of ether oxygens (including phenoxy) is 2. The van der Waals surface area contributed by atoms with E-state index in [0.29, 0.717) is 44.0 Å². The van der Waals surface area contributed by atoms with Gasteiger partial charge in [0.2, 0.25) is 5.91 Å². The highest BCUT2D eigenvalue weighted by Crippen LogP contribution is 2.30. The predicted molar refractivity (Wildman–Crippen MR) is 131 cm³/mol. The third-order valence-electron chi connectivity index (χ3n) is 4.85. The summed E-state index contributed by atoms with van der Waals surface area (Å²) in [7, 11) is 3.07. The normalized spacial score (nSPS) is 10.8. The third-order valence-corrected chi connectivity index (χ3v) is 6.11. The third kappa shape index (κ3) is 4.81. The zero-order valence-electron chi connectivity index (χ0n) is 17.9. The number of anilines is 1. The summed E-state index contributed by atoms with van der Waals surface area (Å²) in [5.41, 5.74) is 1.31.